The Labute approximate surface area is 154 Å². The molecular weight excluding hydrogens is 380 g/mol. The van der Waals surface area contributed by atoms with E-state index >= 15 is 0 Å². The lowest BCUT2D eigenvalue weighted by Crippen LogP contribution is -2.31. The van der Waals surface area contributed by atoms with Gasteiger partial charge in [-0.15, -0.1) is 0 Å². The van der Waals surface area contributed by atoms with Gasteiger partial charge in [-0.1, -0.05) is 22.0 Å². The minimum Gasteiger partial charge on any atom is -0.497 e. The van der Waals surface area contributed by atoms with Gasteiger partial charge in [-0.3, -0.25) is 4.79 Å². The zero-order valence-electron chi connectivity index (χ0n) is 13.9. The van der Waals surface area contributed by atoms with Gasteiger partial charge in [0.1, 0.15) is 5.75 Å². The Morgan fingerprint density at radius 1 is 1.28 bits per heavy atom. The van der Waals surface area contributed by atoms with E-state index < -0.39 is 0 Å². The number of amides is 1. The first-order chi connectivity index (χ1) is 12.2. The highest BCUT2D eigenvalue weighted by Crippen LogP contribution is 2.36. The van der Waals surface area contributed by atoms with Crippen LogP contribution in [0.1, 0.15) is 40.5 Å². The molecule has 5 heteroatoms. The predicted octanol–water partition coefficient (Wildman–Crippen LogP) is 4.75. The standard InChI is InChI=1S/C20H19BrN2O2/c1-25-14-5-2-4-12(10-14)20(24)23-18-7-3-6-15-16-11-13(21)8-9-17(16)22-19(15)18/h2,4-5,8-11,18,22H,3,6-7H2,1H3,(H,23,24). The molecule has 0 saturated heterocycles. The molecule has 1 unspecified atom stereocenters. The average Bonchev–Trinajstić information content (AvgIpc) is 3.01. The molecular formula is C20H19BrN2O2. The van der Waals surface area contributed by atoms with Crippen LogP contribution < -0.4 is 10.1 Å². The van der Waals surface area contributed by atoms with Crippen molar-refractivity contribution in [3.63, 3.8) is 0 Å². The molecule has 1 amide bonds. The van der Waals surface area contributed by atoms with Gasteiger partial charge in [-0.05, 0) is 61.2 Å². The van der Waals surface area contributed by atoms with Crippen molar-refractivity contribution in [2.24, 2.45) is 0 Å². The van der Waals surface area contributed by atoms with Gasteiger partial charge >= 0.3 is 0 Å². The SMILES string of the molecule is COc1cccc(C(=O)NC2CCCc3c2[nH]c2ccc(Br)cc32)c1. The smallest absolute Gasteiger partial charge is 0.251 e. The van der Waals surface area contributed by atoms with Crippen LogP contribution in [-0.4, -0.2) is 18.0 Å². The Balaban J connectivity index is 1.64. The summed E-state index contributed by atoms with van der Waals surface area (Å²) in [5.41, 5.74) is 4.19. The van der Waals surface area contributed by atoms with Crippen molar-refractivity contribution in [1.29, 1.82) is 0 Å². The Kier molecular flexibility index (Phi) is 4.25. The summed E-state index contributed by atoms with van der Waals surface area (Å²) in [7, 11) is 1.60. The van der Waals surface area contributed by atoms with E-state index in [1.54, 1.807) is 13.2 Å². The Hall–Kier alpha value is -2.27. The lowest BCUT2D eigenvalue weighted by molar-refractivity contribution is 0.0931. The van der Waals surface area contributed by atoms with Crippen molar-refractivity contribution < 1.29 is 9.53 Å². The number of nitrogens with one attached hydrogen (secondary N) is 2. The molecule has 0 fully saturated rings. The van der Waals surface area contributed by atoms with Crippen LogP contribution in [0, 0.1) is 0 Å². The van der Waals surface area contributed by atoms with Gasteiger partial charge in [0.2, 0.25) is 0 Å². The van der Waals surface area contributed by atoms with Gasteiger partial charge in [0.25, 0.3) is 5.91 Å². The molecule has 1 aromatic heterocycles. The third-order valence-electron chi connectivity index (χ3n) is 4.81. The van der Waals surface area contributed by atoms with E-state index in [1.165, 1.54) is 10.9 Å². The van der Waals surface area contributed by atoms with Crippen LogP contribution >= 0.6 is 15.9 Å². The second-order valence-electron chi connectivity index (χ2n) is 6.36. The van der Waals surface area contributed by atoms with Crippen molar-refractivity contribution in [1.82, 2.24) is 10.3 Å². The first kappa shape index (κ1) is 16.2. The normalized spacial score (nSPS) is 16.5. The number of H-pyrrole nitrogens is 1. The molecule has 4 rings (SSSR count). The highest BCUT2D eigenvalue weighted by Gasteiger charge is 2.26. The Bertz CT molecular complexity index is 948. The van der Waals surface area contributed by atoms with Crippen molar-refractivity contribution in [3.8, 4) is 5.75 Å². The number of ether oxygens (including phenoxy) is 1. The lowest BCUT2D eigenvalue weighted by Gasteiger charge is -2.24. The van der Waals surface area contributed by atoms with E-state index in [0.29, 0.717) is 11.3 Å². The number of carbonyl (C=O) groups is 1. The summed E-state index contributed by atoms with van der Waals surface area (Å²) in [6.07, 6.45) is 3.05. The largest absolute Gasteiger partial charge is 0.497 e. The molecule has 2 aromatic carbocycles. The van der Waals surface area contributed by atoms with Gasteiger partial charge in [0.05, 0.1) is 13.2 Å². The maximum absolute atomic E-state index is 12.7. The van der Waals surface area contributed by atoms with Crippen LogP contribution in [0.2, 0.25) is 0 Å². The van der Waals surface area contributed by atoms with Crippen LogP contribution in [0.15, 0.2) is 46.9 Å². The molecule has 0 radical (unpaired) electrons. The van der Waals surface area contributed by atoms with E-state index in [-0.39, 0.29) is 11.9 Å². The fourth-order valence-electron chi connectivity index (χ4n) is 3.59. The lowest BCUT2D eigenvalue weighted by atomic mass is 9.91. The van der Waals surface area contributed by atoms with Crippen molar-refractivity contribution >= 4 is 32.7 Å². The fraction of sp³-hybridized carbons (Fsp3) is 0.250. The molecule has 1 atom stereocenters. The summed E-state index contributed by atoms with van der Waals surface area (Å²) >= 11 is 3.55. The first-order valence-corrected chi connectivity index (χ1v) is 9.20. The molecule has 4 nitrogen and oxygen atoms in total. The van der Waals surface area contributed by atoms with Gasteiger partial charge in [0.15, 0.2) is 0 Å². The van der Waals surface area contributed by atoms with Crippen LogP contribution in [-0.2, 0) is 6.42 Å². The number of carbonyl (C=O) groups excluding carboxylic acids is 1. The van der Waals surface area contributed by atoms with Crippen molar-refractivity contribution in [2.75, 3.05) is 7.11 Å². The third kappa shape index (κ3) is 3.04. The highest BCUT2D eigenvalue weighted by atomic mass is 79.9. The molecule has 25 heavy (non-hydrogen) atoms. The van der Waals surface area contributed by atoms with Crippen LogP contribution in [0.25, 0.3) is 10.9 Å². The predicted molar refractivity (Wildman–Crippen MR) is 102 cm³/mol. The summed E-state index contributed by atoms with van der Waals surface area (Å²) in [4.78, 5) is 16.2. The number of hydrogen-bond acceptors (Lipinski definition) is 2. The summed E-state index contributed by atoms with van der Waals surface area (Å²) in [5, 5.41) is 4.42. The van der Waals surface area contributed by atoms with Crippen molar-refractivity contribution in [3.05, 3.63) is 63.8 Å². The highest BCUT2D eigenvalue weighted by molar-refractivity contribution is 9.10. The zero-order valence-corrected chi connectivity index (χ0v) is 15.5. The maximum atomic E-state index is 12.7. The van der Waals surface area contributed by atoms with Crippen LogP contribution in [0.4, 0.5) is 0 Å². The van der Waals surface area contributed by atoms with Crippen LogP contribution in [0.5, 0.6) is 5.75 Å². The molecule has 1 heterocycles. The molecule has 2 N–H and O–H groups in total. The first-order valence-electron chi connectivity index (χ1n) is 8.40. The number of methoxy groups -OCH3 is 1. The number of rotatable bonds is 3. The number of aromatic amines is 1. The monoisotopic (exact) mass is 398 g/mol. The molecule has 0 saturated carbocycles. The molecule has 1 aliphatic rings. The number of aryl methyl sites for hydroxylation is 1. The Morgan fingerprint density at radius 2 is 2.16 bits per heavy atom. The number of benzene rings is 2. The zero-order chi connectivity index (χ0) is 17.4. The van der Waals surface area contributed by atoms with E-state index in [0.717, 1.165) is 34.9 Å². The number of hydrogen-bond donors (Lipinski definition) is 2. The van der Waals surface area contributed by atoms with Crippen molar-refractivity contribution in [2.45, 2.75) is 25.3 Å². The second kappa shape index (κ2) is 6.56. The summed E-state index contributed by atoms with van der Waals surface area (Å²) in [6, 6.07) is 13.5. The Morgan fingerprint density at radius 3 is 3.00 bits per heavy atom. The molecule has 0 aliphatic heterocycles. The van der Waals surface area contributed by atoms with Crippen LogP contribution in [0.3, 0.4) is 0 Å². The minimum absolute atomic E-state index is 0.00799. The van der Waals surface area contributed by atoms with Gasteiger partial charge < -0.3 is 15.0 Å². The number of halogens is 1. The van der Waals surface area contributed by atoms with Gasteiger partial charge in [0, 0.05) is 26.6 Å². The van der Waals surface area contributed by atoms with Gasteiger partial charge in [-0.25, -0.2) is 0 Å². The molecule has 1 aliphatic carbocycles. The van der Waals surface area contributed by atoms with E-state index in [2.05, 4.69) is 38.4 Å². The van der Waals surface area contributed by atoms with Gasteiger partial charge in [-0.2, -0.15) is 0 Å². The van der Waals surface area contributed by atoms with E-state index in [4.69, 9.17) is 4.74 Å². The number of fused-ring (bicyclic) bond motifs is 3. The summed E-state index contributed by atoms with van der Waals surface area (Å²) in [6.45, 7) is 0. The van der Waals surface area contributed by atoms with E-state index in [9.17, 15) is 4.79 Å². The van der Waals surface area contributed by atoms with E-state index in [1.807, 2.05) is 24.3 Å². The molecule has 0 spiro atoms. The maximum Gasteiger partial charge on any atom is 0.251 e. The number of aromatic nitrogens is 1. The molecule has 0 bridgehead atoms. The summed E-state index contributed by atoms with van der Waals surface area (Å²) in [5.74, 6) is 0.615. The molecule has 3 aromatic rings. The average molecular weight is 399 g/mol. The quantitative estimate of drug-likeness (QED) is 0.668. The minimum atomic E-state index is -0.0726. The topological polar surface area (TPSA) is 54.1 Å². The molecule has 128 valence electrons. The summed E-state index contributed by atoms with van der Waals surface area (Å²) < 4.78 is 6.29. The second-order valence-corrected chi connectivity index (χ2v) is 7.27. The third-order valence-corrected chi connectivity index (χ3v) is 5.30. The fourth-order valence-corrected chi connectivity index (χ4v) is 3.95.